The van der Waals surface area contributed by atoms with Crippen LogP contribution in [-0.4, -0.2) is 11.0 Å². The van der Waals surface area contributed by atoms with E-state index in [1.54, 1.807) is 6.08 Å². The molecule has 0 saturated heterocycles. The molecule has 74 valence electrons. The number of hydrogen-bond acceptors (Lipinski definition) is 2. The predicted octanol–water partition coefficient (Wildman–Crippen LogP) is 1.89. The highest BCUT2D eigenvalue weighted by Crippen LogP contribution is 2.26. The second kappa shape index (κ2) is 4.27. The van der Waals surface area contributed by atoms with E-state index in [0.29, 0.717) is 0 Å². The van der Waals surface area contributed by atoms with Crippen LogP contribution >= 0.6 is 11.6 Å². The molecule has 1 rings (SSSR count). The van der Waals surface area contributed by atoms with Crippen LogP contribution in [0.1, 0.15) is 26.2 Å². The second-order valence-electron chi connectivity index (χ2n) is 3.51. The molecule has 3 heteroatoms. The largest absolute Gasteiger partial charge is 0.321 e. The molecule has 0 amide bonds. The number of rotatable bonds is 3. The Hall–Kier alpha value is -0.310. The molecule has 4 N–H and O–H groups in total. The monoisotopic (exact) mass is 200 g/mol. The first-order valence-electron chi connectivity index (χ1n) is 4.69. The van der Waals surface area contributed by atoms with Crippen LogP contribution in [0, 0.1) is 0 Å². The van der Waals surface area contributed by atoms with Crippen molar-refractivity contribution < 1.29 is 0 Å². The van der Waals surface area contributed by atoms with Crippen LogP contribution in [0.5, 0.6) is 0 Å². The minimum atomic E-state index is -0.891. The second-order valence-corrected chi connectivity index (χ2v) is 4.16. The van der Waals surface area contributed by atoms with Gasteiger partial charge in [0.1, 0.15) is 5.00 Å². The Bertz CT molecular complexity index is 231. The smallest absolute Gasteiger partial charge is 0.129 e. The van der Waals surface area contributed by atoms with Crippen molar-refractivity contribution in [2.75, 3.05) is 0 Å². The van der Waals surface area contributed by atoms with Crippen molar-refractivity contribution in [3.8, 4) is 0 Å². The first-order chi connectivity index (χ1) is 6.08. The highest BCUT2D eigenvalue weighted by atomic mass is 35.5. The minimum Gasteiger partial charge on any atom is -0.321 e. The molecule has 2 atom stereocenters. The first kappa shape index (κ1) is 10.8. The van der Waals surface area contributed by atoms with E-state index < -0.39 is 5.00 Å². The highest BCUT2D eigenvalue weighted by Gasteiger charge is 2.31. The Balaban J connectivity index is 2.64. The average Bonchev–Trinajstić information content (AvgIpc) is 2.08. The van der Waals surface area contributed by atoms with Gasteiger partial charge in [-0.2, -0.15) is 0 Å². The zero-order valence-corrected chi connectivity index (χ0v) is 8.72. The van der Waals surface area contributed by atoms with Gasteiger partial charge in [0, 0.05) is 0 Å². The molecule has 0 bridgehead atoms. The Morgan fingerprint density at radius 3 is 2.92 bits per heavy atom. The van der Waals surface area contributed by atoms with Crippen molar-refractivity contribution >= 4 is 11.6 Å². The van der Waals surface area contributed by atoms with E-state index in [1.807, 2.05) is 12.2 Å². The molecule has 0 fully saturated rings. The summed E-state index contributed by atoms with van der Waals surface area (Å²) in [5, 5.41) is 0. The third kappa shape index (κ3) is 2.56. The summed E-state index contributed by atoms with van der Waals surface area (Å²) in [7, 11) is 0. The number of hydrogen-bond donors (Lipinski definition) is 2. The number of nitrogens with two attached hydrogens (primary N) is 2. The van der Waals surface area contributed by atoms with Gasteiger partial charge >= 0.3 is 0 Å². The van der Waals surface area contributed by atoms with Crippen molar-refractivity contribution in [2.45, 2.75) is 37.2 Å². The molecule has 0 aromatic carbocycles. The molecule has 0 aromatic rings. The highest BCUT2D eigenvalue weighted by molar-refractivity contribution is 6.25. The van der Waals surface area contributed by atoms with Gasteiger partial charge in [0.25, 0.3) is 0 Å². The van der Waals surface area contributed by atoms with Gasteiger partial charge in [0.2, 0.25) is 0 Å². The van der Waals surface area contributed by atoms with Crippen LogP contribution in [0.4, 0.5) is 0 Å². The topological polar surface area (TPSA) is 52.0 Å². The molecule has 0 heterocycles. The summed E-state index contributed by atoms with van der Waals surface area (Å²) in [6, 6.07) is -0.245. The zero-order chi connectivity index (χ0) is 9.90. The maximum Gasteiger partial charge on any atom is 0.129 e. The quantitative estimate of drug-likeness (QED) is 0.540. The van der Waals surface area contributed by atoms with Gasteiger partial charge in [-0.15, -0.1) is 0 Å². The maximum atomic E-state index is 6.02. The summed E-state index contributed by atoms with van der Waals surface area (Å²) < 4.78 is 0. The molecule has 0 spiro atoms. The Morgan fingerprint density at radius 2 is 2.31 bits per heavy atom. The summed E-state index contributed by atoms with van der Waals surface area (Å²) in [6.07, 6.45) is 8.95. The van der Waals surface area contributed by atoms with Crippen molar-refractivity contribution in [3.63, 3.8) is 0 Å². The van der Waals surface area contributed by atoms with Crippen molar-refractivity contribution in [1.29, 1.82) is 0 Å². The van der Waals surface area contributed by atoms with Crippen LogP contribution in [0.3, 0.4) is 0 Å². The van der Waals surface area contributed by atoms with Gasteiger partial charge < -0.3 is 11.5 Å². The molecule has 1 aliphatic rings. The van der Waals surface area contributed by atoms with E-state index in [1.165, 1.54) is 0 Å². The zero-order valence-electron chi connectivity index (χ0n) is 7.96. The first-order valence-corrected chi connectivity index (χ1v) is 5.07. The van der Waals surface area contributed by atoms with E-state index >= 15 is 0 Å². The van der Waals surface area contributed by atoms with Gasteiger partial charge in [-0.1, -0.05) is 42.7 Å². The van der Waals surface area contributed by atoms with Crippen molar-refractivity contribution in [2.24, 2.45) is 11.5 Å². The summed E-state index contributed by atoms with van der Waals surface area (Å²) in [5.41, 5.74) is 12.9. The summed E-state index contributed by atoms with van der Waals surface area (Å²) in [4.78, 5) is -0.891. The van der Waals surface area contributed by atoms with Crippen molar-refractivity contribution in [1.82, 2.24) is 0 Å². The fourth-order valence-electron chi connectivity index (χ4n) is 1.43. The predicted molar refractivity (Wildman–Crippen MR) is 57.5 cm³/mol. The maximum absolute atomic E-state index is 6.02. The molecule has 0 aliphatic heterocycles. The molecule has 0 aromatic heterocycles. The van der Waals surface area contributed by atoms with E-state index in [2.05, 4.69) is 6.92 Å². The SMILES string of the molecule is CCCCC1=CC=CC(N)(Cl)C1N. The van der Waals surface area contributed by atoms with Gasteiger partial charge in [0.05, 0.1) is 6.04 Å². The van der Waals surface area contributed by atoms with Gasteiger partial charge in [-0.3, -0.25) is 0 Å². The van der Waals surface area contributed by atoms with E-state index in [0.717, 1.165) is 24.8 Å². The molecular weight excluding hydrogens is 184 g/mol. The van der Waals surface area contributed by atoms with Gasteiger partial charge in [0.15, 0.2) is 0 Å². The Morgan fingerprint density at radius 1 is 1.62 bits per heavy atom. The summed E-state index contributed by atoms with van der Waals surface area (Å²) in [6.45, 7) is 2.15. The normalized spacial score (nSPS) is 33.2. The third-order valence-electron chi connectivity index (χ3n) is 2.36. The molecule has 2 nitrogen and oxygen atoms in total. The molecule has 0 radical (unpaired) electrons. The van der Waals surface area contributed by atoms with E-state index in [-0.39, 0.29) is 6.04 Å². The third-order valence-corrected chi connectivity index (χ3v) is 2.72. The Kier molecular flexibility index (Phi) is 3.54. The number of allylic oxidation sites excluding steroid dienone is 2. The van der Waals surface area contributed by atoms with Gasteiger partial charge in [-0.05, 0) is 18.9 Å². The standard InChI is InChI=1S/C10H17ClN2/c1-2-3-5-8-6-4-7-10(11,13)9(8)12/h4,6-7,9H,2-3,5,12-13H2,1H3. The molecular formula is C10H17ClN2. The lowest BCUT2D eigenvalue weighted by Crippen LogP contribution is -2.51. The molecule has 1 aliphatic carbocycles. The van der Waals surface area contributed by atoms with Crippen LogP contribution in [0.2, 0.25) is 0 Å². The van der Waals surface area contributed by atoms with Crippen LogP contribution in [-0.2, 0) is 0 Å². The minimum absolute atomic E-state index is 0.245. The average molecular weight is 201 g/mol. The lowest BCUT2D eigenvalue weighted by molar-refractivity contribution is 0.577. The fraction of sp³-hybridized carbons (Fsp3) is 0.600. The van der Waals surface area contributed by atoms with Crippen LogP contribution in [0.15, 0.2) is 23.8 Å². The lowest BCUT2D eigenvalue weighted by Gasteiger charge is -2.30. The summed E-state index contributed by atoms with van der Waals surface area (Å²) >= 11 is 6.02. The lowest BCUT2D eigenvalue weighted by atomic mass is 9.91. The molecule has 13 heavy (non-hydrogen) atoms. The number of halogens is 1. The van der Waals surface area contributed by atoms with Crippen LogP contribution in [0.25, 0.3) is 0 Å². The van der Waals surface area contributed by atoms with Crippen LogP contribution < -0.4 is 11.5 Å². The Labute approximate surface area is 84.6 Å². The molecule has 2 unspecified atom stereocenters. The number of alkyl halides is 1. The van der Waals surface area contributed by atoms with E-state index in [9.17, 15) is 0 Å². The molecule has 0 saturated carbocycles. The van der Waals surface area contributed by atoms with Crippen molar-refractivity contribution in [3.05, 3.63) is 23.8 Å². The van der Waals surface area contributed by atoms with E-state index in [4.69, 9.17) is 23.1 Å². The van der Waals surface area contributed by atoms with Gasteiger partial charge in [-0.25, -0.2) is 0 Å². The summed E-state index contributed by atoms with van der Waals surface area (Å²) in [5.74, 6) is 0. The number of unbranched alkanes of at least 4 members (excludes halogenated alkanes) is 1. The fourth-order valence-corrected chi connectivity index (χ4v) is 1.64.